The van der Waals surface area contributed by atoms with Crippen molar-refractivity contribution in [3.63, 3.8) is 0 Å². The Bertz CT molecular complexity index is 537. The third kappa shape index (κ3) is 4.07. The Morgan fingerprint density at radius 1 is 1.38 bits per heavy atom. The van der Waals surface area contributed by atoms with Gasteiger partial charge in [-0.15, -0.1) is 24.0 Å². The molecule has 2 fully saturated rings. The molecule has 1 aliphatic carbocycles. The lowest BCUT2D eigenvalue weighted by Gasteiger charge is -2.27. The van der Waals surface area contributed by atoms with E-state index in [9.17, 15) is 4.39 Å². The molecular weight excluding hydrogens is 452 g/mol. The van der Waals surface area contributed by atoms with Crippen LogP contribution < -0.4 is 5.73 Å². The Kier molecular flexibility index (Phi) is 5.84. The fraction of sp³-hybridized carbons (Fsp3) is 0.500. The van der Waals surface area contributed by atoms with Crippen LogP contribution in [0.15, 0.2) is 27.7 Å². The van der Waals surface area contributed by atoms with E-state index in [-0.39, 0.29) is 41.8 Å². The first-order valence-corrected chi connectivity index (χ1v) is 7.55. The molecule has 2 aliphatic rings. The first-order chi connectivity index (χ1) is 9.65. The van der Waals surface area contributed by atoms with Crippen LogP contribution >= 0.6 is 39.9 Å². The molecule has 1 aromatic carbocycles. The zero-order valence-corrected chi connectivity index (χ0v) is 15.4. The summed E-state index contributed by atoms with van der Waals surface area (Å²) in [6.45, 7) is 2.98. The van der Waals surface area contributed by atoms with Gasteiger partial charge in [0.1, 0.15) is 5.82 Å². The Balaban J connectivity index is 0.00000161. The number of hydrogen-bond acceptors (Lipinski definition) is 2. The van der Waals surface area contributed by atoms with E-state index in [0.717, 1.165) is 25.1 Å². The number of benzene rings is 1. The number of morpholine rings is 1. The van der Waals surface area contributed by atoms with Crippen LogP contribution in [0.4, 0.5) is 4.39 Å². The Hall–Kier alpha value is -0.410. The van der Waals surface area contributed by atoms with Crippen LogP contribution in [0, 0.1) is 5.82 Å². The lowest BCUT2D eigenvalue weighted by molar-refractivity contribution is 0.0674. The van der Waals surface area contributed by atoms with E-state index in [0.29, 0.717) is 23.6 Å². The van der Waals surface area contributed by atoms with Crippen molar-refractivity contribution < 1.29 is 9.13 Å². The van der Waals surface area contributed by atoms with Crippen molar-refractivity contribution in [2.75, 3.05) is 26.3 Å². The van der Waals surface area contributed by atoms with E-state index in [2.05, 4.69) is 20.9 Å². The third-order valence-electron chi connectivity index (χ3n) is 3.76. The van der Waals surface area contributed by atoms with Crippen molar-refractivity contribution >= 4 is 45.9 Å². The number of halogens is 3. The van der Waals surface area contributed by atoms with Crippen LogP contribution in [-0.2, 0) is 4.74 Å². The normalized spacial score (nSPS) is 25.4. The minimum absolute atomic E-state index is 0. The van der Waals surface area contributed by atoms with Gasteiger partial charge in [-0.2, -0.15) is 0 Å². The summed E-state index contributed by atoms with van der Waals surface area (Å²) in [4.78, 5) is 6.60. The molecule has 21 heavy (non-hydrogen) atoms. The SMILES string of the molecule is I.NC(=N[C@@H]1C[C@H]1c1ccc(Br)c(F)c1)N1CCOCC1. The van der Waals surface area contributed by atoms with Gasteiger partial charge in [0, 0.05) is 19.0 Å². The van der Waals surface area contributed by atoms with Gasteiger partial charge in [-0.3, -0.25) is 0 Å². The molecule has 0 aromatic heterocycles. The summed E-state index contributed by atoms with van der Waals surface area (Å²) in [5.41, 5.74) is 7.02. The molecule has 1 aromatic rings. The molecule has 4 nitrogen and oxygen atoms in total. The summed E-state index contributed by atoms with van der Waals surface area (Å²) >= 11 is 3.17. The average molecular weight is 470 g/mol. The number of nitrogens with two attached hydrogens (primary N) is 1. The summed E-state index contributed by atoms with van der Waals surface area (Å²) in [5, 5.41) is 0. The van der Waals surface area contributed by atoms with Crippen LogP contribution in [0.5, 0.6) is 0 Å². The van der Waals surface area contributed by atoms with E-state index in [4.69, 9.17) is 10.5 Å². The summed E-state index contributed by atoms with van der Waals surface area (Å²) in [6.07, 6.45) is 0.937. The zero-order chi connectivity index (χ0) is 14.1. The largest absolute Gasteiger partial charge is 0.378 e. The van der Waals surface area contributed by atoms with Gasteiger partial charge >= 0.3 is 0 Å². The van der Waals surface area contributed by atoms with Gasteiger partial charge in [-0.05, 0) is 40.0 Å². The van der Waals surface area contributed by atoms with Gasteiger partial charge in [-0.1, -0.05) is 6.07 Å². The molecule has 0 spiro atoms. The van der Waals surface area contributed by atoms with Crippen LogP contribution in [-0.4, -0.2) is 43.2 Å². The highest BCUT2D eigenvalue weighted by atomic mass is 127. The first-order valence-electron chi connectivity index (χ1n) is 6.76. The smallest absolute Gasteiger partial charge is 0.191 e. The van der Waals surface area contributed by atoms with E-state index < -0.39 is 0 Å². The molecule has 1 heterocycles. The van der Waals surface area contributed by atoms with Crippen molar-refractivity contribution in [2.24, 2.45) is 10.7 Å². The Morgan fingerprint density at radius 3 is 2.76 bits per heavy atom. The van der Waals surface area contributed by atoms with Gasteiger partial charge in [-0.25, -0.2) is 9.38 Å². The average Bonchev–Trinajstić information content (AvgIpc) is 3.22. The molecule has 0 unspecified atom stereocenters. The standard InChI is InChI=1S/C14H17BrFN3O.HI/c15-11-2-1-9(7-12(11)16)10-8-13(10)18-14(17)19-3-5-20-6-4-19;/h1-2,7,10,13H,3-6,8H2,(H2,17,18);1H/t10-,13+;/m0./s1. The number of ether oxygens (including phenoxy) is 1. The minimum atomic E-state index is -0.224. The highest BCUT2D eigenvalue weighted by Gasteiger charge is 2.39. The Morgan fingerprint density at radius 2 is 2.10 bits per heavy atom. The fourth-order valence-corrected chi connectivity index (χ4v) is 2.72. The van der Waals surface area contributed by atoms with E-state index in [1.54, 1.807) is 12.1 Å². The minimum Gasteiger partial charge on any atom is -0.378 e. The lowest BCUT2D eigenvalue weighted by atomic mass is 10.1. The highest BCUT2D eigenvalue weighted by molar-refractivity contribution is 14.0. The number of rotatable bonds is 2. The fourth-order valence-electron chi connectivity index (χ4n) is 2.47. The van der Waals surface area contributed by atoms with Gasteiger partial charge in [0.05, 0.1) is 23.7 Å². The number of hydrogen-bond donors (Lipinski definition) is 1. The molecule has 0 bridgehead atoms. The van der Waals surface area contributed by atoms with Gasteiger partial charge < -0.3 is 15.4 Å². The monoisotopic (exact) mass is 469 g/mol. The molecule has 3 rings (SSSR count). The van der Waals surface area contributed by atoms with Crippen molar-refractivity contribution in [1.29, 1.82) is 0 Å². The molecule has 2 N–H and O–H groups in total. The zero-order valence-electron chi connectivity index (χ0n) is 11.5. The summed E-state index contributed by atoms with van der Waals surface area (Å²) in [6, 6.07) is 5.45. The summed E-state index contributed by atoms with van der Waals surface area (Å²) in [5.74, 6) is 0.647. The van der Waals surface area contributed by atoms with Gasteiger partial charge in [0.2, 0.25) is 0 Å². The summed E-state index contributed by atoms with van der Waals surface area (Å²) < 4.78 is 19.3. The number of nitrogens with zero attached hydrogens (tertiary/aromatic N) is 2. The molecule has 0 radical (unpaired) electrons. The second-order valence-corrected chi connectivity index (χ2v) is 6.02. The van der Waals surface area contributed by atoms with Crippen molar-refractivity contribution in [2.45, 2.75) is 18.4 Å². The van der Waals surface area contributed by atoms with E-state index in [1.165, 1.54) is 0 Å². The molecule has 116 valence electrons. The van der Waals surface area contributed by atoms with Crippen LogP contribution in [0.1, 0.15) is 17.9 Å². The molecule has 1 saturated carbocycles. The van der Waals surface area contributed by atoms with Crippen molar-refractivity contribution in [3.8, 4) is 0 Å². The predicted octanol–water partition coefficient (Wildman–Crippen LogP) is 2.71. The Labute approximate surface area is 149 Å². The second kappa shape index (κ2) is 7.23. The molecule has 7 heteroatoms. The maximum absolute atomic E-state index is 13.5. The second-order valence-electron chi connectivity index (χ2n) is 5.17. The number of aliphatic imine (C=N–C) groups is 1. The quantitative estimate of drug-likeness (QED) is 0.411. The van der Waals surface area contributed by atoms with Crippen LogP contribution in [0.2, 0.25) is 0 Å². The van der Waals surface area contributed by atoms with Crippen molar-refractivity contribution in [1.82, 2.24) is 4.90 Å². The van der Waals surface area contributed by atoms with E-state index in [1.807, 2.05) is 11.0 Å². The van der Waals surface area contributed by atoms with Crippen molar-refractivity contribution in [3.05, 3.63) is 34.1 Å². The van der Waals surface area contributed by atoms with Crippen LogP contribution in [0.25, 0.3) is 0 Å². The lowest BCUT2D eigenvalue weighted by Crippen LogP contribution is -2.45. The van der Waals surface area contributed by atoms with Gasteiger partial charge in [0.15, 0.2) is 5.96 Å². The maximum atomic E-state index is 13.5. The highest BCUT2D eigenvalue weighted by Crippen LogP contribution is 2.44. The molecule has 1 saturated heterocycles. The molecule has 0 amide bonds. The van der Waals surface area contributed by atoms with E-state index >= 15 is 0 Å². The first kappa shape index (κ1) is 17.0. The summed E-state index contributed by atoms with van der Waals surface area (Å²) in [7, 11) is 0. The molecule has 2 atom stereocenters. The maximum Gasteiger partial charge on any atom is 0.191 e. The predicted molar refractivity (Wildman–Crippen MR) is 94.7 cm³/mol. The third-order valence-corrected chi connectivity index (χ3v) is 4.40. The number of guanidine groups is 1. The molecule has 1 aliphatic heterocycles. The van der Waals surface area contributed by atoms with Crippen LogP contribution in [0.3, 0.4) is 0 Å². The van der Waals surface area contributed by atoms with Gasteiger partial charge in [0.25, 0.3) is 0 Å². The topological polar surface area (TPSA) is 50.8 Å². The molecular formula is C14H18BrFIN3O.